The van der Waals surface area contributed by atoms with Crippen molar-refractivity contribution >= 4 is 0 Å². The van der Waals surface area contributed by atoms with Gasteiger partial charge in [-0.1, -0.05) is 45.9 Å². The lowest BCUT2D eigenvalue weighted by Gasteiger charge is -2.28. The monoisotopic (exact) mass is 301 g/mol. The molecule has 1 nitrogen and oxygen atoms in total. The summed E-state index contributed by atoms with van der Waals surface area (Å²) in [6.07, 6.45) is -4.30. The molecule has 120 valence electrons. The molecule has 1 aromatic carbocycles. The first-order chi connectivity index (χ1) is 9.64. The van der Waals surface area contributed by atoms with Crippen molar-refractivity contribution in [2.45, 2.75) is 46.8 Å². The van der Waals surface area contributed by atoms with Gasteiger partial charge in [-0.25, -0.2) is 0 Å². The van der Waals surface area contributed by atoms with Gasteiger partial charge < -0.3 is 5.32 Å². The van der Waals surface area contributed by atoms with E-state index in [1.165, 1.54) is 6.07 Å². The van der Waals surface area contributed by atoms with E-state index in [0.717, 1.165) is 12.6 Å². The molecule has 0 saturated heterocycles. The second-order valence-corrected chi connectivity index (χ2v) is 6.37. The Morgan fingerprint density at radius 2 is 1.48 bits per heavy atom. The van der Waals surface area contributed by atoms with Crippen LogP contribution < -0.4 is 5.32 Å². The third-order valence-corrected chi connectivity index (χ3v) is 4.11. The molecule has 4 heteroatoms. The smallest absolute Gasteiger partial charge is 0.310 e. The number of rotatable bonds is 6. The Kier molecular flexibility index (Phi) is 6.26. The van der Waals surface area contributed by atoms with Crippen LogP contribution in [-0.4, -0.2) is 6.54 Å². The van der Waals surface area contributed by atoms with E-state index in [-0.39, 0.29) is 6.04 Å². The summed E-state index contributed by atoms with van der Waals surface area (Å²) in [5, 5.41) is 3.27. The Labute approximate surface area is 125 Å². The van der Waals surface area contributed by atoms with Crippen LogP contribution in [0.3, 0.4) is 0 Å². The molecule has 1 unspecified atom stereocenters. The minimum Gasteiger partial charge on any atom is -0.310 e. The average Bonchev–Trinajstić information content (AvgIpc) is 2.36. The Hall–Kier alpha value is -1.03. The van der Waals surface area contributed by atoms with E-state index in [1.807, 2.05) is 0 Å². The van der Waals surface area contributed by atoms with Gasteiger partial charge >= 0.3 is 6.18 Å². The van der Waals surface area contributed by atoms with Crippen molar-refractivity contribution in [3.63, 3.8) is 0 Å². The topological polar surface area (TPSA) is 12.0 Å². The first-order valence-electron chi connectivity index (χ1n) is 7.54. The third-order valence-electron chi connectivity index (χ3n) is 4.11. The highest BCUT2D eigenvalue weighted by Crippen LogP contribution is 2.34. The molecule has 21 heavy (non-hydrogen) atoms. The highest BCUT2D eigenvalue weighted by molar-refractivity contribution is 5.32. The second kappa shape index (κ2) is 7.30. The highest BCUT2D eigenvalue weighted by atomic mass is 19.4. The van der Waals surface area contributed by atoms with Gasteiger partial charge in [-0.3, -0.25) is 0 Å². The summed E-state index contributed by atoms with van der Waals surface area (Å²) in [6, 6.07) is 5.48. The summed E-state index contributed by atoms with van der Waals surface area (Å²) < 4.78 is 39.1. The van der Waals surface area contributed by atoms with Crippen LogP contribution >= 0.6 is 0 Å². The zero-order valence-corrected chi connectivity index (χ0v) is 13.5. The SMILES string of the molecule is CC(NCC(C(C)C)C(C)C)c1ccccc1C(F)(F)F. The van der Waals surface area contributed by atoms with E-state index in [1.54, 1.807) is 19.1 Å². The van der Waals surface area contributed by atoms with Crippen molar-refractivity contribution < 1.29 is 13.2 Å². The largest absolute Gasteiger partial charge is 0.416 e. The van der Waals surface area contributed by atoms with Crippen molar-refractivity contribution in [1.82, 2.24) is 5.32 Å². The van der Waals surface area contributed by atoms with E-state index in [0.29, 0.717) is 23.3 Å². The first kappa shape index (κ1) is 18.0. The van der Waals surface area contributed by atoms with Gasteiger partial charge in [0, 0.05) is 6.04 Å². The van der Waals surface area contributed by atoms with Crippen molar-refractivity contribution in [1.29, 1.82) is 0 Å². The first-order valence-corrected chi connectivity index (χ1v) is 7.54. The number of hydrogen-bond acceptors (Lipinski definition) is 1. The lowest BCUT2D eigenvalue weighted by atomic mass is 9.85. The number of hydrogen-bond donors (Lipinski definition) is 1. The molecule has 0 heterocycles. The second-order valence-electron chi connectivity index (χ2n) is 6.37. The minimum atomic E-state index is -4.30. The molecule has 1 aromatic rings. The fraction of sp³-hybridized carbons (Fsp3) is 0.647. The standard InChI is InChI=1S/C17H26F3N/c1-11(2)15(12(3)4)10-21-13(5)14-8-6-7-9-16(14)17(18,19)20/h6-9,11-13,15,21H,10H2,1-5H3. The van der Waals surface area contributed by atoms with Crippen LogP contribution in [0.2, 0.25) is 0 Å². The van der Waals surface area contributed by atoms with Crippen LogP contribution in [0, 0.1) is 17.8 Å². The van der Waals surface area contributed by atoms with Crippen LogP contribution in [0.4, 0.5) is 13.2 Å². The zero-order chi connectivity index (χ0) is 16.2. The molecule has 1 atom stereocenters. The predicted octanol–water partition coefficient (Wildman–Crippen LogP) is 5.28. The van der Waals surface area contributed by atoms with Gasteiger partial charge in [0.05, 0.1) is 5.56 Å². The number of halogens is 3. The number of alkyl halides is 3. The number of benzene rings is 1. The van der Waals surface area contributed by atoms with Crippen LogP contribution in [0.5, 0.6) is 0 Å². The van der Waals surface area contributed by atoms with Crippen LogP contribution in [0.25, 0.3) is 0 Å². The average molecular weight is 301 g/mol. The third kappa shape index (κ3) is 5.03. The van der Waals surface area contributed by atoms with Crippen LogP contribution in [-0.2, 0) is 6.18 Å². The molecule has 0 radical (unpaired) electrons. The van der Waals surface area contributed by atoms with Crippen LogP contribution in [0.1, 0.15) is 51.8 Å². The van der Waals surface area contributed by atoms with Gasteiger partial charge in [0.1, 0.15) is 0 Å². The van der Waals surface area contributed by atoms with Crippen molar-refractivity contribution in [2.75, 3.05) is 6.54 Å². The lowest BCUT2D eigenvalue weighted by Crippen LogP contribution is -2.32. The van der Waals surface area contributed by atoms with Crippen molar-refractivity contribution in [3.8, 4) is 0 Å². The highest BCUT2D eigenvalue weighted by Gasteiger charge is 2.34. The Morgan fingerprint density at radius 3 is 1.95 bits per heavy atom. The Balaban J connectivity index is 2.83. The normalized spacial score (nSPS) is 14.2. The van der Waals surface area contributed by atoms with Crippen molar-refractivity contribution in [3.05, 3.63) is 35.4 Å². The van der Waals surface area contributed by atoms with Gasteiger partial charge in [0.15, 0.2) is 0 Å². The van der Waals surface area contributed by atoms with Gasteiger partial charge in [0.25, 0.3) is 0 Å². The van der Waals surface area contributed by atoms with E-state index in [9.17, 15) is 13.2 Å². The molecule has 1 N–H and O–H groups in total. The molecule has 0 saturated carbocycles. The molecule has 1 rings (SSSR count). The van der Waals surface area contributed by atoms with E-state index in [2.05, 4.69) is 33.0 Å². The summed E-state index contributed by atoms with van der Waals surface area (Å²) in [4.78, 5) is 0. The quantitative estimate of drug-likeness (QED) is 0.753. The number of nitrogens with one attached hydrogen (secondary N) is 1. The Morgan fingerprint density at radius 1 is 0.952 bits per heavy atom. The molecule has 0 amide bonds. The molecule has 0 aliphatic carbocycles. The predicted molar refractivity (Wildman–Crippen MR) is 81.0 cm³/mol. The fourth-order valence-corrected chi connectivity index (χ4v) is 2.80. The van der Waals surface area contributed by atoms with E-state index in [4.69, 9.17) is 0 Å². The zero-order valence-electron chi connectivity index (χ0n) is 13.5. The molecular weight excluding hydrogens is 275 g/mol. The van der Waals surface area contributed by atoms with E-state index < -0.39 is 11.7 Å². The maximum absolute atomic E-state index is 13.0. The lowest BCUT2D eigenvalue weighted by molar-refractivity contribution is -0.138. The Bertz CT molecular complexity index is 430. The molecule has 0 spiro atoms. The summed E-state index contributed by atoms with van der Waals surface area (Å²) in [6.45, 7) is 11.1. The fourth-order valence-electron chi connectivity index (χ4n) is 2.80. The molecule has 0 bridgehead atoms. The summed E-state index contributed by atoms with van der Waals surface area (Å²) in [5.41, 5.74) is -0.230. The summed E-state index contributed by atoms with van der Waals surface area (Å²) in [7, 11) is 0. The maximum Gasteiger partial charge on any atom is 0.416 e. The van der Waals surface area contributed by atoms with Gasteiger partial charge in [0.2, 0.25) is 0 Å². The summed E-state index contributed by atoms with van der Waals surface area (Å²) >= 11 is 0. The molecule has 0 aliphatic heterocycles. The molecule has 0 aromatic heterocycles. The van der Waals surface area contributed by atoms with Crippen molar-refractivity contribution in [2.24, 2.45) is 17.8 Å². The van der Waals surface area contributed by atoms with Gasteiger partial charge in [-0.15, -0.1) is 0 Å². The van der Waals surface area contributed by atoms with Gasteiger partial charge in [-0.2, -0.15) is 13.2 Å². The van der Waals surface area contributed by atoms with E-state index >= 15 is 0 Å². The molecule has 0 fully saturated rings. The molecule has 0 aliphatic rings. The molecular formula is C17H26F3N. The minimum absolute atomic E-state index is 0.316. The van der Waals surface area contributed by atoms with Crippen LogP contribution in [0.15, 0.2) is 24.3 Å². The summed E-state index contributed by atoms with van der Waals surface area (Å²) in [5.74, 6) is 1.45. The van der Waals surface area contributed by atoms with Gasteiger partial charge in [-0.05, 0) is 42.9 Å². The maximum atomic E-state index is 13.0.